The second kappa shape index (κ2) is 12.2. The third-order valence-corrected chi connectivity index (χ3v) is 9.69. The lowest BCUT2D eigenvalue weighted by Crippen LogP contribution is -2.69. The number of fused-ring (bicyclic) bond motifs is 2. The number of hydrogen-bond acceptors (Lipinski definition) is 13. The molecule has 3 rings (SSSR count). The van der Waals surface area contributed by atoms with Gasteiger partial charge >= 0.3 is 29.8 Å². The summed E-state index contributed by atoms with van der Waals surface area (Å²) in [5.41, 5.74) is -7.54. The summed E-state index contributed by atoms with van der Waals surface area (Å²) in [6.07, 6.45) is -4.78. The fraction of sp³-hybridized carbons (Fsp3) is 0.742. The molecule has 13 heteroatoms. The highest BCUT2D eigenvalue weighted by Crippen LogP contribution is 2.63. The van der Waals surface area contributed by atoms with E-state index in [4.69, 9.17) is 23.7 Å². The molecule has 0 aromatic rings. The van der Waals surface area contributed by atoms with E-state index in [0.717, 1.165) is 27.7 Å². The van der Waals surface area contributed by atoms with Crippen LogP contribution in [0.5, 0.6) is 0 Å². The van der Waals surface area contributed by atoms with E-state index in [-0.39, 0.29) is 19.3 Å². The van der Waals surface area contributed by atoms with Crippen LogP contribution in [0.15, 0.2) is 12.2 Å². The van der Waals surface area contributed by atoms with E-state index in [0.29, 0.717) is 0 Å². The predicted molar refractivity (Wildman–Crippen MR) is 150 cm³/mol. The number of allylic oxidation sites excluding steroid dienone is 1. The van der Waals surface area contributed by atoms with Crippen LogP contribution in [0.4, 0.5) is 0 Å². The van der Waals surface area contributed by atoms with Crippen LogP contribution >= 0.6 is 0 Å². The first-order chi connectivity index (χ1) is 20.2. The van der Waals surface area contributed by atoms with Crippen molar-refractivity contribution >= 4 is 35.6 Å². The Kier molecular flexibility index (Phi) is 9.77. The number of Topliss-reactive ketones (excluding diaryl/α,β-unsaturated/α-hetero) is 1. The molecule has 0 aromatic heterocycles. The number of aliphatic hydroxyl groups excluding tert-OH is 1. The minimum Gasteiger partial charge on any atom is -0.461 e. The van der Waals surface area contributed by atoms with Crippen molar-refractivity contribution in [1.82, 2.24) is 0 Å². The molecule has 0 aromatic carbocycles. The van der Waals surface area contributed by atoms with Crippen molar-refractivity contribution in [2.24, 2.45) is 22.7 Å². The Hall–Kier alpha value is -3.32. The number of hydrogen-bond donors (Lipinski definition) is 2. The standard InChI is InChI=1S/C31H44O13/c1-10-23(38)43-24-20-12-11-13-30(24,27(42-18(5)35)29(20,9)44-19(6)36)25(40-16(3)33)26(41-17(4)34)31(39)21(15(2)32)14-22(37)28(31,7)8/h11,13,20-22,24-27,37,39H,10,12,14H2,1-9H3/t20-,21+,22+,24-,25?,26?,27+,29+,30+,31+/m1/s1. The molecule has 2 unspecified atom stereocenters. The Morgan fingerprint density at radius 2 is 1.43 bits per heavy atom. The lowest BCUT2D eigenvalue weighted by Gasteiger charge is -2.52. The maximum Gasteiger partial charge on any atom is 0.305 e. The molecule has 0 saturated heterocycles. The molecule has 13 nitrogen and oxygen atoms in total. The summed E-state index contributed by atoms with van der Waals surface area (Å²) < 4.78 is 29.4. The molecular weight excluding hydrogens is 580 g/mol. The molecule has 2 N–H and O–H groups in total. The highest BCUT2D eigenvalue weighted by Gasteiger charge is 2.78. The van der Waals surface area contributed by atoms with Gasteiger partial charge in [-0.25, -0.2) is 0 Å². The van der Waals surface area contributed by atoms with Gasteiger partial charge in [-0.3, -0.25) is 28.8 Å². The molecule has 0 aliphatic heterocycles. The highest BCUT2D eigenvalue weighted by molar-refractivity contribution is 5.81. The Bertz CT molecular complexity index is 1240. The van der Waals surface area contributed by atoms with Crippen LogP contribution in [0.2, 0.25) is 0 Å². The summed E-state index contributed by atoms with van der Waals surface area (Å²) in [5.74, 6) is -6.81. The summed E-state index contributed by atoms with van der Waals surface area (Å²) >= 11 is 0. The quantitative estimate of drug-likeness (QED) is 0.203. The van der Waals surface area contributed by atoms with Gasteiger partial charge in [-0.05, 0) is 26.7 Å². The van der Waals surface area contributed by atoms with Gasteiger partial charge in [0.25, 0.3) is 0 Å². The minimum absolute atomic E-state index is 0.0767. The summed E-state index contributed by atoms with van der Waals surface area (Å²) in [5, 5.41) is 23.7. The van der Waals surface area contributed by atoms with Crippen molar-refractivity contribution in [3.8, 4) is 0 Å². The first kappa shape index (κ1) is 35.2. The Labute approximate surface area is 256 Å². The van der Waals surface area contributed by atoms with E-state index < -0.39 is 100 Å². The molecular formula is C31H44O13. The van der Waals surface area contributed by atoms with Crippen LogP contribution in [-0.2, 0) is 52.5 Å². The highest BCUT2D eigenvalue weighted by atomic mass is 16.6. The molecule has 2 saturated carbocycles. The summed E-state index contributed by atoms with van der Waals surface area (Å²) in [6, 6.07) is 0. The smallest absolute Gasteiger partial charge is 0.305 e. The Morgan fingerprint density at radius 3 is 1.91 bits per heavy atom. The Balaban J connectivity index is 2.50. The summed E-state index contributed by atoms with van der Waals surface area (Å²) in [6.45, 7) is 11.6. The Morgan fingerprint density at radius 1 is 0.864 bits per heavy atom. The summed E-state index contributed by atoms with van der Waals surface area (Å²) in [4.78, 5) is 76.7. The van der Waals surface area contributed by atoms with Crippen LogP contribution in [0, 0.1) is 22.7 Å². The van der Waals surface area contributed by atoms with Crippen molar-refractivity contribution in [2.45, 2.75) is 123 Å². The molecule has 3 aliphatic carbocycles. The van der Waals surface area contributed by atoms with Crippen LogP contribution in [0.25, 0.3) is 0 Å². The van der Waals surface area contributed by atoms with Crippen molar-refractivity contribution in [3.63, 3.8) is 0 Å². The van der Waals surface area contributed by atoms with Gasteiger partial charge in [0.1, 0.15) is 22.9 Å². The third-order valence-electron chi connectivity index (χ3n) is 9.69. The van der Waals surface area contributed by atoms with E-state index in [1.165, 1.54) is 33.8 Å². The van der Waals surface area contributed by atoms with Crippen LogP contribution < -0.4 is 0 Å². The predicted octanol–water partition coefficient (Wildman–Crippen LogP) is 1.73. The number of aliphatic hydroxyl groups is 2. The summed E-state index contributed by atoms with van der Waals surface area (Å²) in [7, 11) is 0. The second-order valence-corrected chi connectivity index (χ2v) is 12.8. The molecule has 0 spiro atoms. The van der Waals surface area contributed by atoms with Crippen LogP contribution in [0.1, 0.15) is 81.6 Å². The van der Waals surface area contributed by atoms with Crippen LogP contribution in [0.3, 0.4) is 0 Å². The fourth-order valence-corrected chi connectivity index (χ4v) is 7.71. The minimum atomic E-state index is -2.37. The van der Waals surface area contributed by atoms with Gasteiger partial charge in [0.05, 0.1) is 12.0 Å². The van der Waals surface area contributed by atoms with Crippen molar-refractivity contribution in [3.05, 3.63) is 12.2 Å². The lowest BCUT2D eigenvalue weighted by molar-refractivity contribution is -0.249. The molecule has 10 atom stereocenters. The van der Waals surface area contributed by atoms with Gasteiger partial charge in [0, 0.05) is 45.4 Å². The van der Waals surface area contributed by atoms with Crippen LogP contribution in [-0.4, -0.2) is 87.6 Å². The topological polar surface area (TPSA) is 189 Å². The van der Waals surface area contributed by atoms with E-state index >= 15 is 0 Å². The molecule has 3 aliphatic rings. The third kappa shape index (κ3) is 5.53. The largest absolute Gasteiger partial charge is 0.461 e. The number of esters is 5. The van der Waals surface area contributed by atoms with Gasteiger partial charge in [0.2, 0.25) is 0 Å². The molecule has 44 heavy (non-hydrogen) atoms. The van der Waals surface area contributed by atoms with E-state index in [2.05, 4.69) is 0 Å². The number of ketones is 1. The van der Waals surface area contributed by atoms with Gasteiger partial charge in [0.15, 0.2) is 23.9 Å². The molecule has 0 radical (unpaired) electrons. The zero-order valence-corrected chi connectivity index (χ0v) is 26.7. The number of rotatable bonds is 10. The second-order valence-electron chi connectivity index (χ2n) is 12.8. The molecule has 2 fully saturated rings. The molecule has 0 heterocycles. The maximum absolute atomic E-state index is 13.0. The average molecular weight is 625 g/mol. The van der Waals surface area contributed by atoms with Crippen molar-refractivity contribution < 1.29 is 62.7 Å². The SMILES string of the molecule is CCC(=O)O[C@@H]1[C@H]2CC=C[C@]1(C(OC(C)=O)C(OC(C)=O)[C@@]1(O)[C@H](C(C)=O)C[C@H](O)C1(C)C)[C@@H](OC(C)=O)[C@@]2(C)OC(C)=O. The first-order valence-electron chi connectivity index (χ1n) is 14.7. The average Bonchev–Trinajstić information content (AvgIpc) is 3.12. The van der Waals surface area contributed by atoms with E-state index in [1.54, 1.807) is 13.0 Å². The zero-order chi connectivity index (χ0) is 33.6. The maximum atomic E-state index is 13.0. The molecule has 246 valence electrons. The van der Waals surface area contributed by atoms with Gasteiger partial charge < -0.3 is 33.9 Å². The van der Waals surface area contributed by atoms with Crippen molar-refractivity contribution in [1.29, 1.82) is 0 Å². The lowest BCUT2D eigenvalue weighted by atomic mass is 9.61. The number of carbonyl (C=O) groups excluding carboxylic acids is 6. The van der Waals surface area contributed by atoms with E-state index in [9.17, 15) is 39.0 Å². The van der Waals surface area contributed by atoms with Gasteiger partial charge in [-0.15, -0.1) is 0 Å². The van der Waals surface area contributed by atoms with E-state index in [1.807, 2.05) is 0 Å². The van der Waals surface area contributed by atoms with Gasteiger partial charge in [-0.1, -0.05) is 32.9 Å². The molecule has 0 amide bonds. The van der Waals surface area contributed by atoms with Gasteiger partial charge in [-0.2, -0.15) is 0 Å². The number of carbonyl (C=O) groups is 6. The monoisotopic (exact) mass is 624 g/mol. The first-order valence-corrected chi connectivity index (χ1v) is 14.7. The number of ether oxygens (including phenoxy) is 5. The fourth-order valence-electron chi connectivity index (χ4n) is 7.71. The van der Waals surface area contributed by atoms with Crippen molar-refractivity contribution in [2.75, 3.05) is 0 Å². The zero-order valence-electron chi connectivity index (χ0n) is 26.7. The normalized spacial score (nSPS) is 36.5. The molecule has 2 bridgehead atoms.